The maximum absolute atomic E-state index is 14.6. The maximum Gasteiger partial charge on any atom is 0.134 e. The third-order valence-corrected chi connectivity index (χ3v) is 4.35. The van der Waals surface area contributed by atoms with E-state index in [9.17, 15) is 4.39 Å². The topological polar surface area (TPSA) is 0 Å². The molecule has 3 rings (SSSR count). The van der Waals surface area contributed by atoms with Crippen molar-refractivity contribution in [3.63, 3.8) is 0 Å². The molecule has 0 aromatic heterocycles. The Morgan fingerprint density at radius 2 is 1.70 bits per heavy atom. The van der Waals surface area contributed by atoms with Crippen molar-refractivity contribution in [1.29, 1.82) is 0 Å². The van der Waals surface area contributed by atoms with Crippen LogP contribution in [0.15, 0.2) is 67.3 Å². The standard InChI is InChI=1S/C22H21F/c1-3-5-6-18-11-12-20-15-19(13-14-21(20)22(18)23)17-9-7-16(4-2)8-10-17/h3,7-15H,1,4-6H2,2H3. The average molecular weight is 304 g/mol. The molecule has 0 aliphatic carbocycles. The summed E-state index contributed by atoms with van der Waals surface area (Å²) in [5, 5.41) is 1.64. The van der Waals surface area contributed by atoms with Crippen LogP contribution in [0.4, 0.5) is 4.39 Å². The zero-order valence-corrected chi connectivity index (χ0v) is 13.5. The van der Waals surface area contributed by atoms with E-state index in [4.69, 9.17) is 0 Å². The largest absolute Gasteiger partial charge is 0.206 e. The van der Waals surface area contributed by atoms with Crippen LogP contribution in [0.1, 0.15) is 24.5 Å². The number of hydrogen-bond donors (Lipinski definition) is 0. The van der Waals surface area contributed by atoms with E-state index in [2.05, 4.69) is 43.8 Å². The summed E-state index contributed by atoms with van der Waals surface area (Å²) in [5.74, 6) is -0.0998. The minimum Gasteiger partial charge on any atom is -0.206 e. The summed E-state index contributed by atoms with van der Waals surface area (Å²) in [6.07, 6.45) is 4.36. The van der Waals surface area contributed by atoms with E-state index >= 15 is 0 Å². The number of benzene rings is 3. The molecule has 0 saturated carbocycles. The summed E-state index contributed by atoms with van der Waals surface area (Å²) in [6, 6.07) is 18.4. The van der Waals surface area contributed by atoms with E-state index in [0.29, 0.717) is 11.8 Å². The Morgan fingerprint density at radius 3 is 2.39 bits per heavy atom. The van der Waals surface area contributed by atoms with E-state index in [0.717, 1.165) is 29.4 Å². The molecule has 0 N–H and O–H groups in total. The molecule has 0 fully saturated rings. The number of aryl methyl sites for hydroxylation is 2. The normalized spacial score (nSPS) is 10.9. The number of allylic oxidation sites excluding steroid dienone is 1. The van der Waals surface area contributed by atoms with Crippen molar-refractivity contribution in [3.05, 3.63) is 84.2 Å². The van der Waals surface area contributed by atoms with Gasteiger partial charge in [0.15, 0.2) is 0 Å². The van der Waals surface area contributed by atoms with E-state index < -0.39 is 0 Å². The molecule has 0 aliphatic heterocycles. The van der Waals surface area contributed by atoms with Gasteiger partial charge in [-0.1, -0.05) is 61.5 Å². The summed E-state index contributed by atoms with van der Waals surface area (Å²) < 4.78 is 14.6. The molecule has 116 valence electrons. The van der Waals surface area contributed by atoms with Crippen molar-refractivity contribution in [2.75, 3.05) is 0 Å². The first-order valence-corrected chi connectivity index (χ1v) is 8.14. The molecule has 1 heteroatoms. The van der Waals surface area contributed by atoms with Crippen LogP contribution in [0, 0.1) is 5.82 Å². The first kappa shape index (κ1) is 15.5. The smallest absolute Gasteiger partial charge is 0.134 e. The zero-order chi connectivity index (χ0) is 16.2. The van der Waals surface area contributed by atoms with E-state index in [-0.39, 0.29) is 5.82 Å². The molecule has 0 saturated heterocycles. The van der Waals surface area contributed by atoms with Crippen molar-refractivity contribution in [2.45, 2.75) is 26.2 Å². The molecule has 0 atom stereocenters. The Balaban J connectivity index is 2.00. The lowest BCUT2D eigenvalue weighted by molar-refractivity contribution is 0.621. The molecule has 0 nitrogen and oxygen atoms in total. The fourth-order valence-electron chi connectivity index (χ4n) is 2.90. The van der Waals surface area contributed by atoms with E-state index in [1.54, 1.807) is 0 Å². The Labute approximate surface area is 137 Å². The first-order chi connectivity index (χ1) is 11.2. The molecule has 0 aliphatic rings. The van der Waals surface area contributed by atoms with Gasteiger partial charge in [-0.3, -0.25) is 0 Å². The fourth-order valence-corrected chi connectivity index (χ4v) is 2.90. The molecule has 0 heterocycles. The van der Waals surface area contributed by atoms with Crippen LogP contribution in [-0.2, 0) is 12.8 Å². The van der Waals surface area contributed by atoms with Crippen LogP contribution in [0.25, 0.3) is 21.9 Å². The van der Waals surface area contributed by atoms with Crippen LogP contribution in [0.5, 0.6) is 0 Å². The van der Waals surface area contributed by atoms with Gasteiger partial charge in [0.2, 0.25) is 0 Å². The molecule has 0 radical (unpaired) electrons. The van der Waals surface area contributed by atoms with Gasteiger partial charge in [0.1, 0.15) is 5.82 Å². The van der Waals surface area contributed by atoms with Crippen molar-refractivity contribution >= 4 is 10.8 Å². The number of halogens is 1. The Bertz CT molecular complexity index is 828. The monoisotopic (exact) mass is 304 g/mol. The predicted molar refractivity (Wildman–Crippen MR) is 97.2 cm³/mol. The minimum absolute atomic E-state index is 0.0998. The van der Waals surface area contributed by atoms with Crippen molar-refractivity contribution in [3.8, 4) is 11.1 Å². The van der Waals surface area contributed by atoms with Crippen molar-refractivity contribution in [1.82, 2.24) is 0 Å². The van der Waals surface area contributed by atoms with Crippen LogP contribution in [0.3, 0.4) is 0 Å². The Hall–Kier alpha value is -2.41. The fraction of sp³-hybridized carbons (Fsp3) is 0.182. The Kier molecular flexibility index (Phi) is 4.57. The molecule has 0 unspecified atom stereocenters. The highest BCUT2D eigenvalue weighted by Crippen LogP contribution is 2.28. The van der Waals surface area contributed by atoms with Gasteiger partial charge in [-0.05, 0) is 53.0 Å². The van der Waals surface area contributed by atoms with E-state index in [1.165, 1.54) is 11.1 Å². The van der Waals surface area contributed by atoms with Crippen LogP contribution in [-0.4, -0.2) is 0 Å². The highest BCUT2D eigenvalue weighted by molar-refractivity contribution is 5.88. The molecule has 0 spiro atoms. The second kappa shape index (κ2) is 6.78. The van der Waals surface area contributed by atoms with Gasteiger partial charge >= 0.3 is 0 Å². The second-order valence-electron chi connectivity index (χ2n) is 5.85. The maximum atomic E-state index is 14.6. The molecular formula is C22H21F. The lowest BCUT2D eigenvalue weighted by atomic mass is 9.97. The molecule has 3 aromatic carbocycles. The second-order valence-corrected chi connectivity index (χ2v) is 5.85. The van der Waals surface area contributed by atoms with Crippen molar-refractivity contribution < 1.29 is 4.39 Å². The van der Waals surface area contributed by atoms with Gasteiger partial charge in [-0.25, -0.2) is 4.39 Å². The van der Waals surface area contributed by atoms with Gasteiger partial charge in [-0.15, -0.1) is 6.58 Å². The van der Waals surface area contributed by atoms with Crippen LogP contribution in [0.2, 0.25) is 0 Å². The van der Waals surface area contributed by atoms with Crippen molar-refractivity contribution in [2.24, 2.45) is 0 Å². The third kappa shape index (κ3) is 3.19. The Morgan fingerprint density at radius 1 is 0.957 bits per heavy atom. The summed E-state index contributed by atoms with van der Waals surface area (Å²) in [4.78, 5) is 0. The summed E-state index contributed by atoms with van der Waals surface area (Å²) in [5.41, 5.74) is 4.38. The lowest BCUT2D eigenvalue weighted by Crippen LogP contribution is -1.92. The molecule has 3 aromatic rings. The van der Waals surface area contributed by atoms with E-state index in [1.807, 2.05) is 30.3 Å². The highest BCUT2D eigenvalue weighted by atomic mass is 19.1. The molecule has 23 heavy (non-hydrogen) atoms. The zero-order valence-electron chi connectivity index (χ0n) is 13.5. The summed E-state index contributed by atoms with van der Waals surface area (Å²) in [6.45, 7) is 5.85. The SMILES string of the molecule is C=CCCc1ccc2cc(-c3ccc(CC)cc3)ccc2c1F. The number of rotatable bonds is 5. The first-order valence-electron chi connectivity index (χ1n) is 8.14. The van der Waals surface area contributed by atoms with Gasteiger partial charge < -0.3 is 0 Å². The van der Waals surface area contributed by atoms with Gasteiger partial charge in [0.05, 0.1) is 0 Å². The van der Waals surface area contributed by atoms with Gasteiger partial charge in [-0.2, -0.15) is 0 Å². The molecule has 0 bridgehead atoms. The minimum atomic E-state index is -0.0998. The third-order valence-electron chi connectivity index (χ3n) is 4.35. The highest BCUT2D eigenvalue weighted by Gasteiger charge is 2.08. The van der Waals surface area contributed by atoms with Crippen LogP contribution < -0.4 is 0 Å². The molecular weight excluding hydrogens is 283 g/mol. The lowest BCUT2D eigenvalue weighted by Gasteiger charge is -2.09. The van der Waals surface area contributed by atoms with Gasteiger partial charge in [0, 0.05) is 5.39 Å². The number of fused-ring (bicyclic) bond motifs is 1. The number of hydrogen-bond acceptors (Lipinski definition) is 0. The molecule has 0 amide bonds. The summed E-state index contributed by atoms with van der Waals surface area (Å²) in [7, 11) is 0. The van der Waals surface area contributed by atoms with Gasteiger partial charge in [0.25, 0.3) is 0 Å². The quantitative estimate of drug-likeness (QED) is 0.483. The average Bonchev–Trinajstić information content (AvgIpc) is 2.61. The van der Waals surface area contributed by atoms with Crippen LogP contribution >= 0.6 is 0 Å². The summed E-state index contributed by atoms with van der Waals surface area (Å²) >= 11 is 0. The predicted octanol–water partition coefficient (Wildman–Crippen LogP) is 6.33.